The summed E-state index contributed by atoms with van der Waals surface area (Å²) in [5.41, 5.74) is 0.534. The third kappa shape index (κ3) is 18.0. The van der Waals surface area contributed by atoms with Crippen molar-refractivity contribution in [2.75, 3.05) is 109 Å². The highest BCUT2D eigenvalue weighted by atomic mass is 32.2. The van der Waals surface area contributed by atoms with E-state index in [4.69, 9.17) is 23.8 Å². The van der Waals surface area contributed by atoms with E-state index in [9.17, 15) is 44.6 Å². The van der Waals surface area contributed by atoms with Gasteiger partial charge < -0.3 is 61.0 Å². The lowest BCUT2D eigenvalue weighted by Crippen LogP contribution is -2.32. The van der Waals surface area contributed by atoms with Crippen molar-refractivity contribution in [1.82, 2.24) is 29.9 Å². The van der Waals surface area contributed by atoms with E-state index in [0.717, 1.165) is 6.07 Å². The summed E-state index contributed by atoms with van der Waals surface area (Å²) >= 11 is -0.122. The molecule has 4 rings (SSSR count). The Morgan fingerprint density at radius 2 is 1.12 bits per heavy atom. The maximum absolute atomic E-state index is 12.6. The molecule has 352 valence electrons. The number of hydrogen-bond donors (Lipinski definition) is 12. The maximum atomic E-state index is 12.6. The van der Waals surface area contributed by atoms with Gasteiger partial charge in [-0.25, -0.2) is 0 Å². The monoisotopic (exact) mass is 980 g/mol. The van der Waals surface area contributed by atoms with E-state index in [1.807, 2.05) is 0 Å². The van der Waals surface area contributed by atoms with Crippen molar-refractivity contribution in [3.63, 3.8) is 0 Å². The van der Waals surface area contributed by atoms with Crippen LogP contribution in [-0.2, 0) is 39.4 Å². The van der Waals surface area contributed by atoms with Crippen LogP contribution in [0.15, 0.2) is 41.3 Å². The zero-order valence-electron chi connectivity index (χ0n) is 33.2. The van der Waals surface area contributed by atoms with Crippen LogP contribution in [0.5, 0.6) is 5.75 Å². The molecule has 0 spiro atoms. The van der Waals surface area contributed by atoms with Crippen LogP contribution >= 0.6 is 12.3 Å². The van der Waals surface area contributed by atoms with E-state index in [0.29, 0.717) is 0 Å². The average molecular weight is 981 g/mol. The summed E-state index contributed by atoms with van der Waals surface area (Å²) in [6, 6.07) is 8.19. The van der Waals surface area contributed by atoms with Gasteiger partial charge in [0.15, 0.2) is 5.75 Å². The molecule has 0 aliphatic carbocycles. The van der Waals surface area contributed by atoms with E-state index in [-0.39, 0.29) is 142 Å². The van der Waals surface area contributed by atoms with Crippen LogP contribution < -0.4 is 36.4 Å². The summed E-state index contributed by atoms with van der Waals surface area (Å²) in [5, 5.41) is 41.9. The molecular formula is C32H44N12O16S4. The van der Waals surface area contributed by atoms with Gasteiger partial charge in [0.1, 0.15) is 4.90 Å². The Kier molecular flexibility index (Phi) is 19.7. The van der Waals surface area contributed by atoms with E-state index in [2.05, 4.69) is 60.8 Å². The van der Waals surface area contributed by atoms with Gasteiger partial charge in [0.2, 0.25) is 48.0 Å². The largest absolute Gasteiger partial charge is 0.395 e. The van der Waals surface area contributed by atoms with Crippen LogP contribution in [0.4, 0.5) is 47.1 Å². The Hall–Kier alpha value is -5.36. The number of nitrogens with one attached hydrogen (secondary N) is 5. The minimum absolute atomic E-state index is 0.0239. The molecule has 64 heavy (non-hydrogen) atoms. The van der Waals surface area contributed by atoms with Gasteiger partial charge in [0, 0.05) is 55.7 Å². The third-order valence-electron chi connectivity index (χ3n) is 7.75. The van der Waals surface area contributed by atoms with E-state index < -0.39 is 46.8 Å². The molecule has 0 aliphatic rings. The molecule has 2 heterocycles. The Labute approximate surface area is 370 Å². The van der Waals surface area contributed by atoms with E-state index in [1.165, 1.54) is 47.4 Å². The van der Waals surface area contributed by atoms with Gasteiger partial charge in [-0.15, -0.1) is 0 Å². The van der Waals surface area contributed by atoms with Gasteiger partial charge in [-0.2, -0.15) is 55.2 Å². The predicted octanol–water partition coefficient (Wildman–Crippen LogP) is 0.204. The molecule has 0 fully saturated rings. The zero-order valence-corrected chi connectivity index (χ0v) is 36.4. The topological polar surface area (TPSA) is 412 Å². The molecule has 12 N–H and O–H groups in total. The number of hydrogen-bond acceptors (Lipinski definition) is 26. The molecule has 0 amide bonds. The molecule has 0 saturated heterocycles. The first kappa shape index (κ1) is 51.3. The summed E-state index contributed by atoms with van der Waals surface area (Å²) in [6.45, 7) is -1.03. The number of aliphatic hydroxyl groups excluding tert-OH is 3. The molecule has 4 aromatic rings. The second-order valence-electron chi connectivity index (χ2n) is 12.5. The highest BCUT2D eigenvalue weighted by molar-refractivity contribution is 7.88. The number of rotatable bonds is 29. The predicted molar refractivity (Wildman–Crippen MR) is 232 cm³/mol. The molecule has 0 unspecified atom stereocenters. The normalized spacial score (nSPS) is 12.0. The van der Waals surface area contributed by atoms with Crippen LogP contribution in [-0.4, -0.2) is 166 Å². The molecular weight excluding hydrogens is 937 g/mol. The Balaban J connectivity index is 1.63. The average Bonchev–Trinajstić information content (AvgIpc) is 3.21. The molecule has 2 aromatic carbocycles. The van der Waals surface area contributed by atoms with Crippen LogP contribution in [0.2, 0.25) is 0 Å². The minimum Gasteiger partial charge on any atom is -0.395 e. The molecule has 2 aromatic heterocycles. The molecule has 0 aliphatic heterocycles. The molecule has 0 radical (unpaired) electrons. The minimum atomic E-state index is -4.91. The maximum Gasteiger partial charge on any atom is 0.295 e. The highest BCUT2D eigenvalue weighted by Gasteiger charge is 2.19. The van der Waals surface area contributed by atoms with Crippen molar-refractivity contribution in [3.8, 4) is 5.75 Å². The SMILES string of the molecule is O=S(=O)(O)CCNc1nc(NCCOCCO)nc(Nc2ccc(C=Cc3ccc(Nc4nc(NCCS(=O)(=O)O)nc(N(CCO)CCO)n4)cc3S(=O)(=O)O)c(OOSO)c2)n1. The fourth-order valence-corrected chi connectivity index (χ4v) is 6.59. The van der Waals surface area contributed by atoms with Crippen LogP contribution in [0.3, 0.4) is 0 Å². The standard InChI is InChI=1S/C32H44N12O16S4/c45-12-10-44(11-13-46)32-42-29(35-9-18-63(52,53)54)41-31(43-32)37-24-6-4-22(26(20-24)64(55,56)57)2-1-21-3-5-23(19-25(21)59-60-61-48)36-30-39-27(33-7-15-58-16-14-47)38-28(40-30)34-8-17-62(49,50)51/h1-6,19-20,45-48H,7-18H2,(H,49,50,51)(H,52,53,54)(H,55,56,57)(H2,35,37,41,42,43)(H3,33,34,36,38,39,40). The second-order valence-corrected chi connectivity index (χ2v) is 17.3. The van der Waals surface area contributed by atoms with Crippen molar-refractivity contribution in [1.29, 1.82) is 0 Å². The number of benzene rings is 2. The van der Waals surface area contributed by atoms with Crippen LogP contribution in [0.25, 0.3) is 12.2 Å². The van der Waals surface area contributed by atoms with Crippen molar-refractivity contribution >= 4 is 102 Å². The lowest BCUT2D eigenvalue weighted by atomic mass is 10.1. The summed E-state index contributed by atoms with van der Waals surface area (Å²) in [7, 11) is -13.6. The first-order chi connectivity index (χ1) is 30.4. The van der Waals surface area contributed by atoms with Crippen molar-refractivity contribution < 1.29 is 72.7 Å². The lowest BCUT2D eigenvalue weighted by Gasteiger charge is -2.21. The van der Waals surface area contributed by atoms with E-state index in [1.54, 1.807) is 0 Å². The Morgan fingerprint density at radius 3 is 1.67 bits per heavy atom. The van der Waals surface area contributed by atoms with Gasteiger partial charge >= 0.3 is 0 Å². The van der Waals surface area contributed by atoms with Gasteiger partial charge in [0.05, 0.1) is 44.5 Å². The molecule has 32 heteroatoms. The number of aliphatic hydroxyl groups is 3. The zero-order chi connectivity index (χ0) is 46.8. The Bertz CT molecular complexity index is 2520. The van der Waals surface area contributed by atoms with Crippen molar-refractivity contribution in [2.45, 2.75) is 4.90 Å². The molecule has 0 bridgehead atoms. The first-order valence-electron chi connectivity index (χ1n) is 18.3. The number of ether oxygens (including phenoxy) is 1. The van der Waals surface area contributed by atoms with Gasteiger partial charge in [-0.05, 0) is 29.8 Å². The third-order valence-corrected chi connectivity index (χ3v) is 10.2. The van der Waals surface area contributed by atoms with Gasteiger partial charge in [0.25, 0.3) is 30.4 Å². The quantitative estimate of drug-likeness (QED) is 0.00863. The number of aromatic nitrogens is 6. The molecule has 28 nitrogen and oxygen atoms in total. The van der Waals surface area contributed by atoms with Crippen molar-refractivity contribution in [2.24, 2.45) is 0 Å². The molecule has 0 saturated carbocycles. The van der Waals surface area contributed by atoms with Crippen LogP contribution in [0, 0.1) is 0 Å². The summed E-state index contributed by atoms with van der Waals surface area (Å²) < 4.78 is 118. The fraction of sp³-hybridized carbons (Fsp3) is 0.375. The smallest absolute Gasteiger partial charge is 0.295 e. The number of nitrogens with zero attached hydrogens (tertiary/aromatic N) is 7. The van der Waals surface area contributed by atoms with Gasteiger partial charge in [-0.3, -0.25) is 13.7 Å². The lowest BCUT2D eigenvalue weighted by molar-refractivity contribution is -0.0843. The van der Waals surface area contributed by atoms with Gasteiger partial charge in [-0.1, -0.05) is 22.6 Å². The Morgan fingerprint density at radius 1 is 0.625 bits per heavy atom. The molecule has 0 atom stereocenters. The van der Waals surface area contributed by atoms with Crippen molar-refractivity contribution in [3.05, 3.63) is 47.5 Å². The first-order valence-corrected chi connectivity index (χ1v) is 23.7. The highest BCUT2D eigenvalue weighted by Crippen LogP contribution is 2.30. The van der Waals surface area contributed by atoms with E-state index >= 15 is 0 Å². The summed E-state index contributed by atoms with van der Waals surface area (Å²) in [5.74, 6) is -1.96. The number of anilines is 8. The summed E-state index contributed by atoms with van der Waals surface area (Å²) in [4.78, 5) is 31.3. The summed E-state index contributed by atoms with van der Waals surface area (Å²) in [6.07, 6.45) is 2.70. The fourth-order valence-electron chi connectivity index (χ4n) is 5.05. The van der Waals surface area contributed by atoms with Crippen LogP contribution in [0.1, 0.15) is 11.1 Å². The second kappa shape index (κ2) is 24.6.